The number of carbonyl (C=O) groups excluding carboxylic acids is 1. The molecule has 0 bridgehead atoms. The van der Waals surface area contributed by atoms with E-state index in [1.54, 1.807) is 35.8 Å². The number of sulfonamides is 1. The van der Waals surface area contributed by atoms with Gasteiger partial charge in [0.25, 0.3) is 0 Å². The molecule has 2 heterocycles. The van der Waals surface area contributed by atoms with Crippen molar-refractivity contribution in [3.05, 3.63) is 24.4 Å². The molecule has 0 radical (unpaired) electrons. The maximum atomic E-state index is 12.8. The van der Waals surface area contributed by atoms with Crippen molar-refractivity contribution >= 4 is 21.7 Å². The standard InChI is InChI=1S/C14H22N4O3S/c1-11(2)10-18(22(4,20)21)12-6-5-9-17(14(12)19)13-7-8-15-16(13)3/h7-8,12H,1,5-6,9-10H2,2-4H3/t12-/m0/s1. The van der Waals surface area contributed by atoms with Gasteiger partial charge in [-0.2, -0.15) is 9.40 Å². The summed E-state index contributed by atoms with van der Waals surface area (Å²) in [4.78, 5) is 14.4. The van der Waals surface area contributed by atoms with Crippen LogP contribution >= 0.6 is 0 Å². The van der Waals surface area contributed by atoms with Gasteiger partial charge in [-0.05, 0) is 19.8 Å². The first kappa shape index (κ1) is 16.7. The van der Waals surface area contributed by atoms with Crippen LogP contribution in [-0.4, -0.2) is 53.8 Å². The number of hydrogen-bond donors (Lipinski definition) is 0. The smallest absolute Gasteiger partial charge is 0.246 e. The van der Waals surface area contributed by atoms with Crippen molar-refractivity contribution in [2.75, 3.05) is 24.2 Å². The van der Waals surface area contributed by atoms with Crippen molar-refractivity contribution in [2.24, 2.45) is 7.05 Å². The van der Waals surface area contributed by atoms with Crippen LogP contribution in [0, 0.1) is 0 Å². The number of amides is 1. The normalized spacial score (nSPS) is 19.7. The van der Waals surface area contributed by atoms with Gasteiger partial charge in [0.05, 0.1) is 12.5 Å². The van der Waals surface area contributed by atoms with Crippen LogP contribution in [0.4, 0.5) is 5.82 Å². The maximum Gasteiger partial charge on any atom is 0.246 e. The average molecular weight is 326 g/mol. The molecule has 8 heteroatoms. The molecule has 1 aromatic heterocycles. The fourth-order valence-corrected chi connectivity index (χ4v) is 3.82. The van der Waals surface area contributed by atoms with Gasteiger partial charge in [0, 0.05) is 26.2 Å². The van der Waals surface area contributed by atoms with E-state index in [9.17, 15) is 13.2 Å². The number of rotatable bonds is 5. The molecule has 1 aliphatic heterocycles. The number of aromatic nitrogens is 2. The van der Waals surface area contributed by atoms with Gasteiger partial charge in [-0.1, -0.05) is 12.2 Å². The Hall–Kier alpha value is -1.67. The molecule has 0 N–H and O–H groups in total. The molecule has 0 saturated carbocycles. The highest BCUT2D eigenvalue weighted by Crippen LogP contribution is 2.25. The highest BCUT2D eigenvalue weighted by molar-refractivity contribution is 7.88. The molecule has 0 unspecified atom stereocenters. The van der Waals surface area contributed by atoms with Crippen LogP contribution in [0.5, 0.6) is 0 Å². The van der Waals surface area contributed by atoms with E-state index in [0.29, 0.717) is 24.4 Å². The van der Waals surface area contributed by atoms with E-state index in [-0.39, 0.29) is 12.5 Å². The van der Waals surface area contributed by atoms with Crippen LogP contribution in [0.1, 0.15) is 19.8 Å². The van der Waals surface area contributed by atoms with Crippen LogP contribution in [0.25, 0.3) is 0 Å². The summed E-state index contributed by atoms with van der Waals surface area (Å²) >= 11 is 0. The van der Waals surface area contributed by atoms with E-state index < -0.39 is 16.1 Å². The minimum Gasteiger partial charge on any atom is -0.296 e. The lowest BCUT2D eigenvalue weighted by Gasteiger charge is -2.37. The highest BCUT2D eigenvalue weighted by Gasteiger charge is 2.38. The third kappa shape index (κ3) is 3.38. The summed E-state index contributed by atoms with van der Waals surface area (Å²) in [5, 5.41) is 4.07. The minimum atomic E-state index is -3.49. The zero-order valence-electron chi connectivity index (χ0n) is 13.2. The zero-order valence-corrected chi connectivity index (χ0v) is 14.0. The molecule has 0 aliphatic carbocycles. The molecule has 1 amide bonds. The van der Waals surface area contributed by atoms with Crippen LogP contribution in [-0.2, 0) is 21.9 Å². The maximum absolute atomic E-state index is 12.8. The lowest BCUT2D eigenvalue weighted by Crippen LogP contribution is -2.54. The summed E-state index contributed by atoms with van der Waals surface area (Å²) in [5.41, 5.74) is 0.705. The van der Waals surface area contributed by atoms with Gasteiger partial charge in [0.15, 0.2) is 0 Å². The van der Waals surface area contributed by atoms with Crippen molar-refractivity contribution in [3.8, 4) is 0 Å². The second-order valence-electron chi connectivity index (χ2n) is 5.73. The summed E-state index contributed by atoms with van der Waals surface area (Å²) < 4.78 is 27.0. The van der Waals surface area contributed by atoms with Gasteiger partial charge in [0.2, 0.25) is 15.9 Å². The topological polar surface area (TPSA) is 75.5 Å². The van der Waals surface area contributed by atoms with Gasteiger partial charge in [-0.15, -0.1) is 0 Å². The molecule has 22 heavy (non-hydrogen) atoms. The number of piperidine rings is 1. The number of nitrogens with zero attached hydrogens (tertiary/aromatic N) is 4. The largest absolute Gasteiger partial charge is 0.296 e. The molecule has 0 spiro atoms. The fourth-order valence-electron chi connectivity index (χ4n) is 2.71. The quantitative estimate of drug-likeness (QED) is 0.749. The Morgan fingerprint density at radius 3 is 2.73 bits per heavy atom. The van der Waals surface area contributed by atoms with Crippen LogP contribution in [0.15, 0.2) is 24.4 Å². The first-order valence-electron chi connectivity index (χ1n) is 7.12. The lowest BCUT2D eigenvalue weighted by molar-refractivity contribution is -0.123. The van der Waals surface area contributed by atoms with Crippen molar-refractivity contribution < 1.29 is 13.2 Å². The number of aryl methyl sites for hydroxylation is 1. The molecular weight excluding hydrogens is 304 g/mol. The zero-order chi connectivity index (χ0) is 16.5. The van der Waals surface area contributed by atoms with E-state index in [2.05, 4.69) is 11.7 Å². The van der Waals surface area contributed by atoms with Crippen molar-refractivity contribution in [1.82, 2.24) is 14.1 Å². The molecule has 1 saturated heterocycles. The van der Waals surface area contributed by atoms with E-state index in [0.717, 1.165) is 12.7 Å². The summed E-state index contributed by atoms with van der Waals surface area (Å²) in [5.74, 6) is 0.472. The van der Waals surface area contributed by atoms with E-state index in [1.807, 2.05) is 0 Å². The number of anilines is 1. The monoisotopic (exact) mass is 326 g/mol. The number of carbonyl (C=O) groups is 1. The molecular formula is C14H22N4O3S. The molecule has 1 aromatic rings. The van der Waals surface area contributed by atoms with Crippen molar-refractivity contribution in [2.45, 2.75) is 25.8 Å². The van der Waals surface area contributed by atoms with E-state index in [4.69, 9.17) is 0 Å². The van der Waals surface area contributed by atoms with Crippen molar-refractivity contribution in [3.63, 3.8) is 0 Å². The molecule has 2 rings (SSSR count). The van der Waals surface area contributed by atoms with Crippen LogP contribution in [0.3, 0.4) is 0 Å². The van der Waals surface area contributed by atoms with Gasteiger partial charge >= 0.3 is 0 Å². The van der Waals surface area contributed by atoms with Crippen molar-refractivity contribution in [1.29, 1.82) is 0 Å². The first-order chi connectivity index (χ1) is 10.2. The first-order valence-corrected chi connectivity index (χ1v) is 8.97. The van der Waals surface area contributed by atoms with Crippen LogP contribution < -0.4 is 4.90 Å². The Kier molecular flexibility index (Phi) is 4.72. The fraction of sp³-hybridized carbons (Fsp3) is 0.571. The Morgan fingerprint density at radius 1 is 1.55 bits per heavy atom. The molecule has 1 atom stereocenters. The van der Waals surface area contributed by atoms with E-state index >= 15 is 0 Å². The molecule has 122 valence electrons. The Balaban J connectivity index is 2.32. The lowest BCUT2D eigenvalue weighted by atomic mass is 10.0. The third-order valence-electron chi connectivity index (χ3n) is 3.68. The molecule has 1 fully saturated rings. The number of hydrogen-bond acceptors (Lipinski definition) is 4. The third-order valence-corrected chi connectivity index (χ3v) is 4.92. The summed E-state index contributed by atoms with van der Waals surface area (Å²) in [6.07, 6.45) is 4.01. The van der Waals surface area contributed by atoms with Crippen LogP contribution in [0.2, 0.25) is 0 Å². The highest BCUT2D eigenvalue weighted by atomic mass is 32.2. The Morgan fingerprint density at radius 2 is 2.23 bits per heavy atom. The summed E-state index contributed by atoms with van der Waals surface area (Å²) in [6, 6.07) is 1.07. The molecule has 1 aliphatic rings. The predicted octanol–water partition coefficient (Wildman–Crippen LogP) is 0.753. The van der Waals surface area contributed by atoms with E-state index in [1.165, 1.54) is 4.31 Å². The average Bonchev–Trinajstić information content (AvgIpc) is 2.81. The molecule has 7 nitrogen and oxygen atoms in total. The Bertz CT molecular complexity index is 680. The summed E-state index contributed by atoms with van der Waals surface area (Å²) in [7, 11) is -1.73. The Labute approximate surface area is 131 Å². The molecule has 0 aromatic carbocycles. The second kappa shape index (κ2) is 6.21. The SMILES string of the molecule is C=C(C)CN([C@H]1CCCN(c2ccnn2C)C1=O)S(C)(=O)=O. The van der Waals surface area contributed by atoms with Gasteiger partial charge in [-0.25, -0.2) is 8.42 Å². The predicted molar refractivity (Wildman–Crippen MR) is 84.9 cm³/mol. The minimum absolute atomic E-state index is 0.161. The van der Waals surface area contributed by atoms with Gasteiger partial charge < -0.3 is 0 Å². The van der Waals surface area contributed by atoms with Gasteiger partial charge in [-0.3, -0.25) is 14.4 Å². The summed E-state index contributed by atoms with van der Waals surface area (Å²) in [6.45, 7) is 6.25. The van der Waals surface area contributed by atoms with Gasteiger partial charge in [0.1, 0.15) is 11.9 Å². The second-order valence-corrected chi connectivity index (χ2v) is 7.66.